The van der Waals surface area contributed by atoms with Gasteiger partial charge in [0.05, 0.1) is 6.26 Å². The van der Waals surface area contributed by atoms with E-state index in [1.165, 1.54) is 31.9 Å². The quantitative estimate of drug-likeness (QED) is 0.393. The number of anilines is 1. The molecular formula is C20H26N4O3S. The number of rotatable bonds is 8. The SMILES string of the molecule is O=C(CCCSc1ccc(NC(=O)c2ccco2)nn1)NC1CCCCCC1. The Labute approximate surface area is 169 Å². The molecule has 0 atom stereocenters. The van der Waals surface area contributed by atoms with E-state index in [1.807, 2.05) is 0 Å². The van der Waals surface area contributed by atoms with Crippen LogP contribution in [0.5, 0.6) is 0 Å². The van der Waals surface area contributed by atoms with Crippen molar-refractivity contribution in [2.24, 2.45) is 0 Å². The second-order valence-corrected chi connectivity index (χ2v) is 8.01. The Balaban J connectivity index is 1.33. The molecule has 2 aromatic rings. The molecule has 0 saturated heterocycles. The minimum Gasteiger partial charge on any atom is -0.459 e. The number of nitrogens with zero attached hydrogens (tertiary/aromatic N) is 2. The molecule has 2 heterocycles. The first kappa shape index (κ1) is 20.4. The van der Waals surface area contributed by atoms with Gasteiger partial charge in [-0.25, -0.2) is 0 Å². The van der Waals surface area contributed by atoms with Crippen LogP contribution in [0, 0.1) is 0 Å². The van der Waals surface area contributed by atoms with E-state index in [2.05, 4.69) is 20.8 Å². The van der Waals surface area contributed by atoms with E-state index in [0.29, 0.717) is 18.3 Å². The summed E-state index contributed by atoms with van der Waals surface area (Å²) < 4.78 is 5.03. The van der Waals surface area contributed by atoms with E-state index in [1.54, 1.807) is 36.0 Å². The van der Waals surface area contributed by atoms with Crippen molar-refractivity contribution in [1.82, 2.24) is 15.5 Å². The van der Waals surface area contributed by atoms with Gasteiger partial charge in [0.2, 0.25) is 5.91 Å². The number of carbonyl (C=O) groups is 2. The lowest BCUT2D eigenvalue weighted by molar-refractivity contribution is -0.121. The summed E-state index contributed by atoms with van der Waals surface area (Å²) in [7, 11) is 0. The van der Waals surface area contributed by atoms with E-state index < -0.39 is 0 Å². The first-order chi connectivity index (χ1) is 13.7. The molecule has 0 aliphatic heterocycles. The Morgan fingerprint density at radius 1 is 1.11 bits per heavy atom. The van der Waals surface area contributed by atoms with Gasteiger partial charge in [0, 0.05) is 18.2 Å². The lowest BCUT2D eigenvalue weighted by Gasteiger charge is -2.16. The van der Waals surface area contributed by atoms with Crippen molar-refractivity contribution in [3.05, 3.63) is 36.3 Å². The smallest absolute Gasteiger partial charge is 0.292 e. The molecule has 1 saturated carbocycles. The van der Waals surface area contributed by atoms with Gasteiger partial charge < -0.3 is 15.1 Å². The molecule has 0 aromatic carbocycles. The highest BCUT2D eigenvalue weighted by Gasteiger charge is 2.14. The van der Waals surface area contributed by atoms with Crippen LogP contribution in [-0.4, -0.2) is 33.8 Å². The second kappa shape index (κ2) is 10.8. The van der Waals surface area contributed by atoms with Crippen LogP contribution in [0.4, 0.5) is 5.82 Å². The van der Waals surface area contributed by atoms with Gasteiger partial charge in [-0.3, -0.25) is 9.59 Å². The minimum absolute atomic E-state index is 0.148. The molecule has 0 spiro atoms. The molecule has 1 fully saturated rings. The predicted octanol–water partition coefficient (Wildman–Crippen LogP) is 4.03. The van der Waals surface area contributed by atoms with E-state index in [4.69, 9.17) is 4.42 Å². The summed E-state index contributed by atoms with van der Waals surface area (Å²) in [6.45, 7) is 0. The number of carbonyl (C=O) groups excluding carboxylic acids is 2. The number of furan rings is 1. The molecule has 28 heavy (non-hydrogen) atoms. The summed E-state index contributed by atoms with van der Waals surface area (Å²) in [6, 6.07) is 7.10. The molecule has 2 amide bonds. The van der Waals surface area contributed by atoms with Gasteiger partial charge in [0.25, 0.3) is 5.91 Å². The fourth-order valence-electron chi connectivity index (χ4n) is 3.18. The van der Waals surface area contributed by atoms with Gasteiger partial charge in [0.1, 0.15) is 5.03 Å². The maximum atomic E-state index is 12.1. The van der Waals surface area contributed by atoms with Gasteiger partial charge in [0.15, 0.2) is 11.6 Å². The molecule has 1 aliphatic carbocycles. The average Bonchev–Trinajstić information content (AvgIpc) is 3.12. The summed E-state index contributed by atoms with van der Waals surface area (Å²) >= 11 is 1.55. The van der Waals surface area contributed by atoms with Crippen LogP contribution in [0.2, 0.25) is 0 Å². The molecule has 150 valence electrons. The highest BCUT2D eigenvalue weighted by molar-refractivity contribution is 7.99. The van der Waals surface area contributed by atoms with Crippen LogP contribution in [0.15, 0.2) is 40.0 Å². The fraction of sp³-hybridized carbons (Fsp3) is 0.500. The molecule has 1 aliphatic rings. The van der Waals surface area contributed by atoms with Crippen LogP contribution >= 0.6 is 11.8 Å². The summed E-state index contributed by atoms with van der Waals surface area (Å²) in [5, 5.41) is 14.7. The zero-order valence-electron chi connectivity index (χ0n) is 15.9. The third-order valence-electron chi connectivity index (χ3n) is 4.65. The number of aromatic nitrogens is 2. The van der Waals surface area contributed by atoms with Crippen LogP contribution in [0.1, 0.15) is 61.9 Å². The average molecular weight is 403 g/mol. The van der Waals surface area contributed by atoms with Crippen molar-refractivity contribution in [3.8, 4) is 0 Å². The topological polar surface area (TPSA) is 97.1 Å². The zero-order valence-corrected chi connectivity index (χ0v) is 16.7. The highest BCUT2D eigenvalue weighted by Crippen LogP contribution is 2.19. The van der Waals surface area contributed by atoms with E-state index in [0.717, 1.165) is 30.0 Å². The van der Waals surface area contributed by atoms with Crippen molar-refractivity contribution in [2.45, 2.75) is 62.4 Å². The van der Waals surface area contributed by atoms with Crippen molar-refractivity contribution in [1.29, 1.82) is 0 Å². The van der Waals surface area contributed by atoms with Crippen molar-refractivity contribution in [3.63, 3.8) is 0 Å². The summed E-state index contributed by atoms with van der Waals surface area (Å²) in [5.74, 6) is 1.18. The van der Waals surface area contributed by atoms with Gasteiger partial charge in [-0.15, -0.1) is 22.0 Å². The van der Waals surface area contributed by atoms with E-state index >= 15 is 0 Å². The predicted molar refractivity (Wildman–Crippen MR) is 108 cm³/mol. The number of amides is 2. The van der Waals surface area contributed by atoms with Gasteiger partial charge in [-0.05, 0) is 43.5 Å². The molecular weight excluding hydrogens is 376 g/mol. The van der Waals surface area contributed by atoms with E-state index in [-0.39, 0.29) is 17.6 Å². The van der Waals surface area contributed by atoms with Gasteiger partial charge in [-0.2, -0.15) is 0 Å². The Hall–Kier alpha value is -2.35. The monoisotopic (exact) mass is 402 g/mol. The number of nitrogens with one attached hydrogen (secondary N) is 2. The van der Waals surface area contributed by atoms with E-state index in [9.17, 15) is 9.59 Å². The number of hydrogen-bond donors (Lipinski definition) is 2. The Morgan fingerprint density at radius 2 is 1.93 bits per heavy atom. The van der Waals surface area contributed by atoms with Gasteiger partial charge in [-0.1, -0.05) is 25.7 Å². The van der Waals surface area contributed by atoms with Gasteiger partial charge >= 0.3 is 0 Å². The maximum absolute atomic E-state index is 12.1. The molecule has 3 rings (SSSR count). The van der Waals surface area contributed by atoms with Crippen LogP contribution in [0.3, 0.4) is 0 Å². The molecule has 7 nitrogen and oxygen atoms in total. The lowest BCUT2D eigenvalue weighted by atomic mass is 10.1. The third kappa shape index (κ3) is 6.67. The molecule has 0 bridgehead atoms. The zero-order chi connectivity index (χ0) is 19.6. The molecule has 2 N–H and O–H groups in total. The Bertz CT molecular complexity index is 741. The first-order valence-electron chi connectivity index (χ1n) is 9.81. The maximum Gasteiger partial charge on any atom is 0.292 e. The molecule has 0 radical (unpaired) electrons. The summed E-state index contributed by atoms with van der Waals surface area (Å²) in [6.07, 6.45) is 10.0. The largest absolute Gasteiger partial charge is 0.459 e. The Morgan fingerprint density at radius 3 is 2.61 bits per heavy atom. The normalized spacial score (nSPS) is 15.0. The number of thioether (sulfide) groups is 1. The molecule has 8 heteroatoms. The highest BCUT2D eigenvalue weighted by atomic mass is 32.2. The lowest BCUT2D eigenvalue weighted by Crippen LogP contribution is -2.34. The standard InChI is InChI=1S/C20H26N4O3S/c25-18(21-15-7-3-1-2-4-8-15)10-6-14-28-19-12-11-17(23-24-19)22-20(26)16-9-5-13-27-16/h5,9,11-13,15H,1-4,6-8,10,14H2,(H,21,25)(H,22,23,26). The van der Waals surface area contributed by atoms with Crippen molar-refractivity contribution in [2.75, 3.05) is 11.1 Å². The molecule has 2 aromatic heterocycles. The summed E-state index contributed by atoms with van der Waals surface area (Å²) in [4.78, 5) is 24.0. The van der Waals surface area contributed by atoms with Crippen LogP contribution in [-0.2, 0) is 4.79 Å². The third-order valence-corrected chi connectivity index (χ3v) is 5.65. The fourth-order valence-corrected chi connectivity index (χ4v) is 3.94. The van der Waals surface area contributed by atoms with Crippen molar-refractivity contribution < 1.29 is 14.0 Å². The second-order valence-electron chi connectivity index (χ2n) is 6.90. The first-order valence-corrected chi connectivity index (χ1v) is 10.8. The Kier molecular flexibility index (Phi) is 7.90. The van der Waals surface area contributed by atoms with Crippen molar-refractivity contribution >= 4 is 29.4 Å². The van der Waals surface area contributed by atoms with Crippen LogP contribution < -0.4 is 10.6 Å². The number of hydrogen-bond acceptors (Lipinski definition) is 6. The summed E-state index contributed by atoms with van der Waals surface area (Å²) in [5.41, 5.74) is 0. The van der Waals surface area contributed by atoms with Crippen LogP contribution in [0.25, 0.3) is 0 Å². The molecule has 0 unspecified atom stereocenters. The minimum atomic E-state index is -0.362.